The summed E-state index contributed by atoms with van der Waals surface area (Å²) in [6.45, 7) is 5.22. The van der Waals surface area contributed by atoms with Gasteiger partial charge >= 0.3 is 0 Å². The quantitative estimate of drug-likeness (QED) is 0.231. The van der Waals surface area contributed by atoms with Crippen LogP contribution in [0.2, 0.25) is 0 Å². The monoisotopic (exact) mass is 517 g/mol. The predicted molar refractivity (Wildman–Crippen MR) is 157 cm³/mol. The number of anilines is 2. The summed E-state index contributed by atoms with van der Waals surface area (Å²) in [4.78, 5) is 6.81. The van der Waals surface area contributed by atoms with Crippen molar-refractivity contribution in [1.29, 1.82) is 5.26 Å². The topological polar surface area (TPSA) is 92.7 Å². The van der Waals surface area contributed by atoms with Gasteiger partial charge in [0.25, 0.3) is 0 Å². The Balaban J connectivity index is 1.28. The molecule has 0 amide bonds. The Morgan fingerprint density at radius 1 is 0.949 bits per heavy atom. The first-order valence-corrected chi connectivity index (χ1v) is 13.7. The number of hydrogen-bond donors (Lipinski definition) is 3. The molecule has 1 saturated carbocycles. The molecular weight excluding hydrogens is 482 g/mol. The van der Waals surface area contributed by atoms with Crippen molar-refractivity contribution in [2.24, 2.45) is 0 Å². The molecule has 0 radical (unpaired) electrons. The van der Waals surface area contributed by atoms with Gasteiger partial charge in [-0.3, -0.25) is 5.10 Å². The maximum Gasteiger partial charge on any atom is 0.126 e. The van der Waals surface area contributed by atoms with Gasteiger partial charge in [-0.25, -0.2) is 4.98 Å². The third-order valence-corrected chi connectivity index (χ3v) is 7.40. The average molecular weight is 518 g/mol. The Kier molecular flexibility index (Phi) is 8.54. The van der Waals surface area contributed by atoms with Crippen molar-refractivity contribution in [2.45, 2.75) is 57.2 Å². The minimum atomic E-state index is 0.356. The van der Waals surface area contributed by atoms with Gasteiger partial charge in [0, 0.05) is 42.3 Å². The highest BCUT2D eigenvalue weighted by Crippen LogP contribution is 2.31. The molecule has 5 rings (SSSR count). The minimum absolute atomic E-state index is 0.356. The van der Waals surface area contributed by atoms with Crippen LogP contribution in [0, 0.1) is 11.3 Å². The maximum absolute atomic E-state index is 9.03. The van der Waals surface area contributed by atoms with Gasteiger partial charge in [-0.15, -0.1) is 0 Å². The molecule has 3 N–H and O–H groups in total. The third-order valence-electron chi connectivity index (χ3n) is 7.40. The van der Waals surface area contributed by atoms with E-state index < -0.39 is 0 Å². The molecule has 4 aromatic rings. The number of rotatable bonds is 9. The fourth-order valence-electron chi connectivity index (χ4n) is 5.34. The number of aromatic amines is 1. The van der Waals surface area contributed by atoms with E-state index in [9.17, 15) is 0 Å². The lowest BCUT2D eigenvalue weighted by Gasteiger charge is -2.37. The Morgan fingerprint density at radius 2 is 1.72 bits per heavy atom. The summed E-state index contributed by atoms with van der Waals surface area (Å²) in [5.41, 5.74) is 5.18. The van der Waals surface area contributed by atoms with Crippen LogP contribution in [-0.2, 0) is 6.54 Å². The molecule has 198 valence electrons. The van der Waals surface area contributed by atoms with E-state index in [0.29, 0.717) is 17.6 Å². The summed E-state index contributed by atoms with van der Waals surface area (Å²) >= 11 is 0. The first-order chi connectivity index (χ1) is 19.2. The molecule has 0 aliphatic heterocycles. The van der Waals surface area contributed by atoms with Crippen molar-refractivity contribution in [3.8, 4) is 17.2 Å². The minimum Gasteiger partial charge on any atom is -0.368 e. The Bertz CT molecular complexity index is 1350. The van der Waals surface area contributed by atoms with Crippen LogP contribution in [0.1, 0.15) is 49.7 Å². The second kappa shape index (κ2) is 12.8. The van der Waals surface area contributed by atoms with Crippen LogP contribution in [0.4, 0.5) is 11.5 Å². The van der Waals surface area contributed by atoms with Gasteiger partial charge < -0.3 is 15.5 Å². The number of nitriles is 1. The van der Waals surface area contributed by atoms with Gasteiger partial charge in [-0.1, -0.05) is 49.0 Å². The van der Waals surface area contributed by atoms with Gasteiger partial charge in [-0.2, -0.15) is 10.4 Å². The molecule has 7 heteroatoms. The van der Waals surface area contributed by atoms with Crippen molar-refractivity contribution in [2.75, 3.05) is 10.2 Å². The third kappa shape index (κ3) is 6.85. The van der Waals surface area contributed by atoms with E-state index in [1.807, 2.05) is 30.6 Å². The van der Waals surface area contributed by atoms with Crippen LogP contribution in [0.15, 0.2) is 97.7 Å². The van der Waals surface area contributed by atoms with Crippen LogP contribution in [0.3, 0.4) is 0 Å². The summed E-state index contributed by atoms with van der Waals surface area (Å²) in [5, 5.41) is 23.2. The fraction of sp³-hybridized carbons (Fsp3) is 0.281. The summed E-state index contributed by atoms with van der Waals surface area (Å²) in [7, 11) is 0. The highest BCUT2D eigenvalue weighted by molar-refractivity contribution is 5.66. The zero-order chi connectivity index (χ0) is 26.9. The van der Waals surface area contributed by atoms with Gasteiger partial charge in [0.05, 0.1) is 17.6 Å². The van der Waals surface area contributed by atoms with E-state index in [0.717, 1.165) is 73.5 Å². The Morgan fingerprint density at radius 3 is 2.36 bits per heavy atom. The van der Waals surface area contributed by atoms with Crippen LogP contribution in [-0.4, -0.2) is 27.3 Å². The molecule has 39 heavy (non-hydrogen) atoms. The molecule has 2 heterocycles. The Hall–Kier alpha value is -4.57. The number of aromatic nitrogens is 3. The molecule has 0 spiro atoms. The standard InChI is InChI=1S/C32H35N7/c1-24(34-20-25-7-3-2-4-8-25)39(31-16-14-27(15-17-31)28-22-36-37-23-28)30-11-5-9-29(10-6-12-30)38-32-18-13-26(19-33)21-35-32/h2-4,7-8,13-18,21-23,29-30,34H,1,5-6,9-12,20H2,(H,35,38)(H,36,37). The van der Waals surface area contributed by atoms with E-state index in [-0.39, 0.29) is 0 Å². The van der Waals surface area contributed by atoms with Crippen LogP contribution in [0.25, 0.3) is 11.1 Å². The fourth-order valence-corrected chi connectivity index (χ4v) is 5.34. The van der Waals surface area contributed by atoms with Crippen LogP contribution >= 0.6 is 0 Å². The number of H-pyrrole nitrogens is 1. The molecule has 1 aliphatic rings. The number of nitrogens with one attached hydrogen (secondary N) is 3. The molecule has 0 unspecified atom stereocenters. The molecule has 0 atom stereocenters. The van der Waals surface area contributed by atoms with Gasteiger partial charge in [-0.05, 0) is 73.9 Å². The van der Waals surface area contributed by atoms with Crippen molar-refractivity contribution in [3.05, 3.63) is 109 Å². The van der Waals surface area contributed by atoms with Crippen molar-refractivity contribution in [1.82, 2.24) is 20.5 Å². The lowest BCUT2D eigenvalue weighted by atomic mass is 9.92. The highest BCUT2D eigenvalue weighted by Gasteiger charge is 2.25. The molecule has 1 aliphatic carbocycles. The van der Waals surface area contributed by atoms with E-state index in [2.05, 4.69) is 91.9 Å². The summed E-state index contributed by atoms with van der Waals surface area (Å²) in [6, 6.07) is 25.7. The number of benzene rings is 2. The van der Waals surface area contributed by atoms with Crippen molar-refractivity contribution < 1.29 is 0 Å². The van der Waals surface area contributed by atoms with E-state index in [1.165, 1.54) is 5.56 Å². The van der Waals surface area contributed by atoms with Crippen LogP contribution in [0.5, 0.6) is 0 Å². The number of hydrogen-bond acceptors (Lipinski definition) is 6. The van der Waals surface area contributed by atoms with E-state index in [4.69, 9.17) is 5.26 Å². The average Bonchev–Trinajstić information content (AvgIpc) is 3.51. The molecule has 2 aromatic carbocycles. The molecule has 1 fully saturated rings. The summed E-state index contributed by atoms with van der Waals surface area (Å²) in [6.07, 6.45) is 11.9. The first-order valence-electron chi connectivity index (χ1n) is 13.7. The molecular formula is C32H35N7. The van der Waals surface area contributed by atoms with Crippen molar-refractivity contribution >= 4 is 11.5 Å². The van der Waals surface area contributed by atoms with E-state index in [1.54, 1.807) is 6.20 Å². The molecule has 0 saturated heterocycles. The van der Waals surface area contributed by atoms with Gasteiger partial charge in [0.2, 0.25) is 0 Å². The lowest BCUT2D eigenvalue weighted by Crippen LogP contribution is -2.40. The van der Waals surface area contributed by atoms with Gasteiger partial charge in [0.1, 0.15) is 11.9 Å². The smallest absolute Gasteiger partial charge is 0.126 e. The maximum atomic E-state index is 9.03. The predicted octanol–water partition coefficient (Wildman–Crippen LogP) is 6.61. The second-order valence-electron chi connectivity index (χ2n) is 10.1. The summed E-state index contributed by atoms with van der Waals surface area (Å²) in [5.74, 6) is 1.77. The molecule has 0 bridgehead atoms. The zero-order valence-corrected chi connectivity index (χ0v) is 22.2. The zero-order valence-electron chi connectivity index (χ0n) is 22.2. The number of pyridine rings is 1. The molecule has 7 nitrogen and oxygen atoms in total. The Labute approximate surface area is 230 Å². The number of nitrogens with zero attached hydrogens (tertiary/aromatic N) is 4. The normalized spacial score (nSPS) is 17.3. The van der Waals surface area contributed by atoms with E-state index >= 15 is 0 Å². The highest BCUT2D eigenvalue weighted by atomic mass is 15.3. The first kappa shape index (κ1) is 26.1. The van der Waals surface area contributed by atoms with Crippen molar-refractivity contribution in [3.63, 3.8) is 0 Å². The second-order valence-corrected chi connectivity index (χ2v) is 10.1. The van der Waals surface area contributed by atoms with Gasteiger partial charge in [0.15, 0.2) is 0 Å². The summed E-state index contributed by atoms with van der Waals surface area (Å²) < 4.78 is 0. The lowest BCUT2D eigenvalue weighted by molar-refractivity contribution is 0.417. The molecule has 2 aromatic heterocycles. The SMILES string of the molecule is C=C(NCc1ccccc1)N(c1ccc(-c2cn[nH]c2)cc1)C1CCCC(Nc2ccc(C#N)cn2)CCC1. The largest absolute Gasteiger partial charge is 0.368 e. The van der Waals surface area contributed by atoms with Crippen LogP contribution < -0.4 is 15.5 Å².